The third-order valence-electron chi connectivity index (χ3n) is 10.7. The van der Waals surface area contributed by atoms with Crippen LogP contribution in [0.3, 0.4) is 0 Å². The molecule has 0 radical (unpaired) electrons. The van der Waals surface area contributed by atoms with Crippen LogP contribution in [0.15, 0.2) is 12.2 Å². The summed E-state index contributed by atoms with van der Waals surface area (Å²) in [6.07, 6.45) is 11.3. The standard InChI is InChI=1S/C28H46O4/c1-17(2)7-8-18(3)22-9-10-23-21-15-25(30)28(31)16-20(32-19(4)29)11-14-27(28,6)24(21)12-13-26(22,23)5/h7-8,17-18,20-25,30-31H,9-16H2,1-6H3/t18-,20+,21+,22-,23+,24+,25-,26-,27-,28+/m1/s1. The van der Waals surface area contributed by atoms with Crippen molar-refractivity contribution in [2.24, 2.45) is 46.3 Å². The summed E-state index contributed by atoms with van der Waals surface area (Å²) in [5.74, 6) is 3.13. The zero-order chi connectivity index (χ0) is 23.5. The normalized spacial score (nSPS) is 49.4. The number of allylic oxidation sites excluding steroid dienone is 2. The molecule has 4 aliphatic carbocycles. The lowest BCUT2D eigenvalue weighted by Gasteiger charge is -2.65. The third kappa shape index (κ3) is 3.68. The van der Waals surface area contributed by atoms with Crippen molar-refractivity contribution in [3.63, 3.8) is 0 Å². The van der Waals surface area contributed by atoms with Gasteiger partial charge in [-0.2, -0.15) is 0 Å². The van der Waals surface area contributed by atoms with Crippen molar-refractivity contribution in [2.45, 2.75) is 111 Å². The summed E-state index contributed by atoms with van der Waals surface area (Å²) in [4.78, 5) is 11.5. The highest BCUT2D eigenvalue weighted by Gasteiger charge is 2.67. The van der Waals surface area contributed by atoms with Crippen LogP contribution in [0.5, 0.6) is 0 Å². The molecule has 4 fully saturated rings. The Morgan fingerprint density at radius 1 is 1.03 bits per heavy atom. The van der Waals surface area contributed by atoms with E-state index in [4.69, 9.17) is 4.74 Å². The highest BCUT2D eigenvalue weighted by Crippen LogP contribution is 2.69. The number of carbonyl (C=O) groups excluding carboxylic acids is 1. The second-order valence-corrected chi connectivity index (χ2v) is 12.7. The zero-order valence-electron chi connectivity index (χ0n) is 21.1. The summed E-state index contributed by atoms with van der Waals surface area (Å²) >= 11 is 0. The summed E-state index contributed by atoms with van der Waals surface area (Å²) in [6, 6.07) is 0. The minimum Gasteiger partial charge on any atom is -0.462 e. The first kappa shape index (κ1) is 24.3. The fourth-order valence-electron chi connectivity index (χ4n) is 9.01. The van der Waals surface area contributed by atoms with E-state index in [0.29, 0.717) is 53.8 Å². The zero-order valence-corrected chi connectivity index (χ0v) is 21.1. The van der Waals surface area contributed by atoms with E-state index in [1.165, 1.54) is 26.2 Å². The quantitative estimate of drug-likeness (QED) is 0.441. The molecule has 0 aromatic carbocycles. The molecule has 4 nitrogen and oxygen atoms in total. The van der Waals surface area contributed by atoms with Crippen molar-refractivity contribution in [3.8, 4) is 0 Å². The van der Waals surface area contributed by atoms with Gasteiger partial charge in [0.15, 0.2) is 0 Å². The largest absolute Gasteiger partial charge is 0.462 e. The van der Waals surface area contributed by atoms with Gasteiger partial charge in [-0.25, -0.2) is 0 Å². The maximum atomic E-state index is 11.9. The van der Waals surface area contributed by atoms with E-state index in [-0.39, 0.29) is 17.5 Å². The molecule has 0 heterocycles. The number of hydrogen-bond donors (Lipinski definition) is 2. The molecule has 2 N–H and O–H groups in total. The van der Waals surface area contributed by atoms with Crippen LogP contribution in [-0.2, 0) is 9.53 Å². The Kier molecular flexibility index (Phi) is 6.38. The minimum absolute atomic E-state index is 0.282. The molecule has 182 valence electrons. The number of hydrogen-bond acceptors (Lipinski definition) is 4. The molecule has 0 unspecified atom stereocenters. The van der Waals surface area contributed by atoms with Crippen LogP contribution in [-0.4, -0.2) is 34.0 Å². The predicted molar refractivity (Wildman–Crippen MR) is 127 cm³/mol. The molecule has 4 saturated carbocycles. The van der Waals surface area contributed by atoms with Gasteiger partial charge in [0.25, 0.3) is 0 Å². The molecule has 4 rings (SSSR count). The van der Waals surface area contributed by atoms with Crippen LogP contribution >= 0.6 is 0 Å². The Hall–Kier alpha value is -0.870. The van der Waals surface area contributed by atoms with Crippen molar-refractivity contribution in [3.05, 3.63) is 12.2 Å². The molecule has 4 aliphatic rings. The van der Waals surface area contributed by atoms with E-state index < -0.39 is 11.7 Å². The Morgan fingerprint density at radius 3 is 2.41 bits per heavy atom. The number of esters is 1. The maximum Gasteiger partial charge on any atom is 0.302 e. The Labute approximate surface area is 195 Å². The van der Waals surface area contributed by atoms with Crippen LogP contribution < -0.4 is 0 Å². The van der Waals surface area contributed by atoms with Crippen LogP contribution in [0.4, 0.5) is 0 Å². The number of ether oxygens (including phenoxy) is 1. The monoisotopic (exact) mass is 446 g/mol. The van der Waals surface area contributed by atoms with Gasteiger partial charge in [0.2, 0.25) is 0 Å². The van der Waals surface area contributed by atoms with Gasteiger partial charge < -0.3 is 14.9 Å². The van der Waals surface area contributed by atoms with Crippen LogP contribution in [0.25, 0.3) is 0 Å². The SMILES string of the molecule is CC(=O)O[C@H]1CC[C@]2(C)[C@H]3CC[C@]4(C)[C@@H]([C@H](C)C=CC(C)C)CC[C@H]4[C@@H]3C[C@@H](O)[C@@]2(O)C1. The molecular formula is C28H46O4. The number of fused-ring (bicyclic) bond motifs is 5. The van der Waals surface area contributed by atoms with Gasteiger partial charge in [-0.3, -0.25) is 4.79 Å². The van der Waals surface area contributed by atoms with E-state index in [2.05, 4.69) is 46.8 Å². The van der Waals surface area contributed by atoms with Crippen LogP contribution in [0, 0.1) is 46.3 Å². The first-order chi connectivity index (χ1) is 14.9. The summed E-state index contributed by atoms with van der Waals surface area (Å²) in [5.41, 5.74) is -1.15. The molecule has 0 aromatic rings. The van der Waals surface area contributed by atoms with E-state index in [0.717, 1.165) is 19.3 Å². The van der Waals surface area contributed by atoms with Crippen molar-refractivity contribution in [2.75, 3.05) is 0 Å². The van der Waals surface area contributed by atoms with Crippen LogP contribution in [0.2, 0.25) is 0 Å². The van der Waals surface area contributed by atoms with Gasteiger partial charge in [-0.05, 0) is 85.9 Å². The summed E-state index contributed by atoms with van der Waals surface area (Å²) in [7, 11) is 0. The number of aliphatic hydroxyl groups excluding tert-OH is 1. The molecule has 32 heavy (non-hydrogen) atoms. The number of aliphatic hydroxyl groups is 2. The molecule has 0 aliphatic heterocycles. The Balaban J connectivity index is 1.57. The molecule has 0 amide bonds. The summed E-state index contributed by atoms with van der Waals surface area (Å²) in [6.45, 7) is 13.1. The first-order valence-electron chi connectivity index (χ1n) is 13.2. The third-order valence-corrected chi connectivity index (χ3v) is 10.7. The molecule has 0 spiro atoms. The summed E-state index contributed by atoms with van der Waals surface area (Å²) < 4.78 is 5.48. The second-order valence-electron chi connectivity index (χ2n) is 12.7. The lowest BCUT2D eigenvalue weighted by atomic mass is 9.42. The average Bonchev–Trinajstić information content (AvgIpc) is 3.05. The smallest absolute Gasteiger partial charge is 0.302 e. The number of carbonyl (C=O) groups is 1. The lowest BCUT2D eigenvalue weighted by molar-refractivity contribution is -0.266. The molecule has 0 bridgehead atoms. The highest BCUT2D eigenvalue weighted by molar-refractivity contribution is 5.66. The second kappa shape index (κ2) is 8.41. The van der Waals surface area contributed by atoms with E-state index in [1.54, 1.807) is 0 Å². The fraction of sp³-hybridized carbons (Fsp3) is 0.893. The van der Waals surface area contributed by atoms with Crippen molar-refractivity contribution >= 4 is 5.97 Å². The van der Waals surface area contributed by atoms with E-state index in [1.807, 2.05) is 0 Å². The van der Waals surface area contributed by atoms with E-state index in [9.17, 15) is 15.0 Å². The Bertz CT molecular complexity index is 746. The lowest BCUT2D eigenvalue weighted by Crippen LogP contribution is -2.68. The fourth-order valence-corrected chi connectivity index (χ4v) is 9.01. The highest BCUT2D eigenvalue weighted by atomic mass is 16.5. The molecule has 0 aromatic heterocycles. The maximum absolute atomic E-state index is 11.9. The predicted octanol–water partition coefficient (Wildman–Crippen LogP) is 5.51. The topological polar surface area (TPSA) is 66.8 Å². The summed E-state index contributed by atoms with van der Waals surface area (Å²) in [5, 5.41) is 23.2. The van der Waals surface area contributed by atoms with Gasteiger partial charge in [-0.15, -0.1) is 0 Å². The van der Waals surface area contributed by atoms with Crippen molar-refractivity contribution < 1.29 is 19.7 Å². The van der Waals surface area contributed by atoms with Gasteiger partial charge in [0, 0.05) is 18.8 Å². The molecular weight excluding hydrogens is 400 g/mol. The van der Waals surface area contributed by atoms with Gasteiger partial charge >= 0.3 is 5.97 Å². The number of rotatable bonds is 4. The van der Waals surface area contributed by atoms with Crippen molar-refractivity contribution in [1.82, 2.24) is 0 Å². The average molecular weight is 447 g/mol. The van der Waals surface area contributed by atoms with Gasteiger partial charge in [0.1, 0.15) is 6.10 Å². The minimum atomic E-state index is -1.16. The van der Waals surface area contributed by atoms with Crippen LogP contribution in [0.1, 0.15) is 92.9 Å². The first-order valence-corrected chi connectivity index (χ1v) is 13.2. The van der Waals surface area contributed by atoms with Crippen molar-refractivity contribution in [1.29, 1.82) is 0 Å². The molecule has 10 atom stereocenters. The molecule has 4 heteroatoms. The van der Waals surface area contributed by atoms with Gasteiger partial charge in [0.05, 0.1) is 11.7 Å². The van der Waals surface area contributed by atoms with E-state index >= 15 is 0 Å². The molecule has 0 saturated heterocycles. The van der Waals surface area contributed by atoms with Gasteiger partial charge in [-0.1, -0.05) is 46.8 Å². The Morgan fingerprint density at radius 2 is 1.75 bits per heavy atom.